The lowest BCUT2D eigenvalue weighted by atomic mass is 10.0. The molecule has 0 aromatic carbocycles. The van der Waals surface area contributed by atoms with Crippen LogP contribution in [0.2, 0.25) is 0 Å². The highest BCUT2D eigenvalue weighted by Crippen LogP contribution is 2.41. The lowest BCUT2D eigenvalue weighted by molar-refractivity contribution is -0.142. The summed E-state index contributed by atoms with van der Waals surface area (Å²) in [5.41, 5.74) is -3.39. The maximum absolute atomic E-state index is 14.1. The van der Waals surface area contributed by atoms with Crippen LogP contribution in [-0.4, -0.2) is 36.0 Å². The van der Waals surface area contributed by atoms with Gasteiger partial charge in [-0.25, -0.2) is 13.9 Å². The van der Waals surface area contributed by atoms with Gasteiger partial charge in [0, 0.05) is 24.2 Å². The number of carboxylic acids is 1. The molecule has 0 amide bonds. The Morgan fingerprint density at radius 1 is 1.03 bits per heavy atom. The Hall–Kier alpha value is -4.09. The molecule has 12 heteroatoms. The molecule has 0 atom stereocenters. The molecule has 152 valence electrons. The first kappa shape index (κ1) is 19.2. The van der Waals surface area contributed by atoms with Gasteiger partial charge in [0.2, 0.25) is 0 Å². The fourth-order valence-corrected chi connectivity index (χ4v) is 2.89. The van der Waals surface area contributed by atoms with Crippen LogP contribution in [0.1, 0.15) is 16.1 Å². The number of hydrogen-bond donors (Lipinski definition) is 1. The summed E-state index contributed by atoms with van der Waals surface area (Å²) in [4.78, 5) is 19.1. The molecule has 0 fully saturated rings. The number of aromatic nitrogens is 5. The zero-order chi connectivity index (χ0) is 21.5. The molecule has 4 aromatic rings. The Bertz CT molecular complexity index is 1230. The average Bonchev–Trinajstić information content (AvgIpc) is 3.33. The van der Waals surface area contributed by atoms with E-state index in [1.807, 2.05) is 0 Å². The number of halogens is 4. The number of aromatic carboxylic acids is 1. The van der Waals surface area contributed by atoms with Crippen LogP contribution in [0.25, 0.3) is 28.3 Å². The van der Waals surface area contributed by atoms with Gasteiger partial charge in [0.15, 0.2) is 17.3 Å². The normalized spacial score (nSPS) is 11.6. The Labute approximate surface area is 164 Å². The van der Waals surface area contributed by atoms with E-state index in [2.05, 4.69) is 20.2 Å². The molecule has 0 aliphatic carbocycles. The van der Waals surface area contributed by atoms with Gasteiger partial charge < -0.3 is 9.63 Å². The molecular weight excluding hydrogens is 410 g/mol. The summed E-state index contributed by atoms with van der Waals surface area (Å²) in [6, 6.07) is 3.72. The number of alkyl halides is 3. The largest absolute Gasteiger partial charge is 0.477 e. The second-order valence-electron chi connectivity index (χ2n) is 5.92. The van der Waals surface area contributed by atoms with E-state index in [0.29, 0.717) is 4.68 Å². The molecule has 1 N–H and O–H groups in total. The van der Waals surface area contributed by atoms with Crippen LogP contribution >= 0.6 is 0 Å². The second kappa shape index (κ2) is 7.06. The highest BCUT2D eigenvalue weighted by Gasteiger charge is 2.42. The van der Waals surface area contributed by atoms with Crippen LogP contribution in [0.5, 0.6) is 0 Å². The minimum Gasteiger partial charge on any atom is -0.477 e. The van der Waals surface area contributed by atoms with Gasteiger partial charge in [-0.15, -0.1) is 0 Å². The first-order chi connectivity index (χ1) is 14.3. The SMILES string of the molecule is O=C(O)c1c(-c2ccncc2F)noc1-c1cnn(-c2ccncc2)c1C(F)(F)F. The van der Waals surface area contributed by atoms with E-state index in [1.54, 1.807) is 0 Å². The van der Waals surface area contributed by atoms with Crippen molar-refractivity contribution in [3.63, 3.8) is 0 Å². The summed E-state index contributed by atoms with van der Waals surface area (Å²) in [6.07, 6.45) is 0.429. The standard InChI is InChI=1S/C18H9F4N5O3/c19-12-8-24-6-3-10(12)14-13(17(28)29)15(30-26-14)11-7-25-27(16(11)18(20,21)22)9-1-4-23-5-2-9/h1-8H,(H,28,29). The van der Waals surface area contributed by atoms with Crippen molar-refractivity contribution < 1.29 is 32.0 Å². The molecule has 0 saturated carbocycles. The van der Waals surface area contributed by atoms with Crippen molar-refractivity contribution in [2.45, 2.75) is 6.18 Å². The molecule has 0 saturated heterocycles. The van der Waals surface area contributed by atoms with Gasteiger partial charge in [0.1, 0.15) is 11.3 Å². The molecule has 0 bridgehead atoms. The maximum Gasteiger partial charge on any atom is 0.434 e. The van der Waals surface area contributed by atoms with Crippen LogP contribution in [-0.2, 0) is 6.18 Å². The first-order valence-corrected chi connectivity index (χ1v) is 8.18. The van der Waals surface area contributed by atoms with Crippen molar-refractivity contribution in [3.8, 4) is 28.3 Å². The van der Waals surface area contributed by atoms with Gasteiger partial charge in [-0.1, -0.05) is 5.16 Å². The third-order valence-electron chi connectivity index (χ3n) is 4.12. The van der Waals surface area contributed by atoms with Gasteiger partial charge >= 0.3 is 12.1 Å². The van der Waals surface area contributed by atoms with E-state index < -0.39 is 46.2 Å². The molecule has 0 radical (unpaired) electrons. The number of nitrogens with zero attached hydrogens (tertiary/aromatic N) is 5. The number of hydrogen-bond acceptors (Lipinski definition) is 6. The molecule has 0 unspecified atom stereocenters. The van der Waals surface area contributed by atoms with Crippen molar-refractivity contribution >= 4 is 5.97 Å². The fraction of sp³-hybridized carbons (Fsp3) is 0.0556. The first-order valence-electron chi connectivity index (χ1n) is 8.18. The van der Waals surface area contributed by atoms with E-state index in [4.69, 9.17) is 4.52 Å². The van der Waals surface area contributed by atoms with Crippen LogP contribution in [0, 0.1) is 5.82 Å². The Morgan fingerprint density at radius 2 is 1.73 bits per heavy atom. The predicted octanol–water partition coefficient (Wildman–Crippen LogP) is 3.84. The second-order valence-corrected chi connectivity index (χ2v) is 5.92. The summed E-state index contributed by atoms with van der Waals surface area (Å²) in [7, 11) is 0. The minimum absolute atomic E-state index is 0.0420. The highest BCUT2D eigenvalue weighted by atomic mass is 19.4. The number of pyridine rings is 2. The van der Waals surface area contributed by atoms with E-state index in [1.165, 1.54) is 30.7 Å². The minimum atomic E-state index is -4.93. The molecule has 8 nitrogen and oxygen atoms in total. The van der Waals surface area contributed by atoms with E-state index in [0.717, 1.165) is 18.5 Å². The van der Waals surface area contributed by atoms with E-state index in [-0.39, 0.29) is 11.3 Å². The van der Waals surface area contributed by atoms with Gasteiger partial charge in [-0.05, 0) is 18.2 Å². The zero-order valence-electron chi connectivity index (χ0n) is 14.6. The van der Waals surface area contributed by atoms with Crippen LogP contribution in [0.3, 0.4) is 0 Å². The Balaban J connectivity index is 1.98. The Kier molecular flexibility index (Phi) is 4.53. The predicted molar refractivity (Wildman–Crippen MR) is 92.0 cm³/mol. The van der Waals surface area contributed by atoms with Crippen LogP contribution in [0.15, 0.2) is 53.7 Å². The summed E-state index contributed by atoms with van der Waals surface area (Å²) in [5.74, 6) is -3.27. The molecular formula is C18H9F4N5O3. The molecule has 0 spiro atoms. The summed E-state index contributed by atoms with van der Waals surface area (Å²) in [5, 5.41) is 16.9. The lowest BCUT2D eigenvalue weighted by Crippen LogP contribution is -2.15. The van der Waals surface area contributed by atoms with Gasteiger partial charge in [0.25, 0.3) is 0 Å². The highest BCUT2D eigenvalue weighted by molar-refractivity contribution is 6.00. The average molecular weight is 419 g/mol. The van der Waals surface area contributed by atoms with Gasteiger partial charge in [-0.2, -0.15) is 18.3 Å². The van der Waals surface area contributed by atoms with Crippen molar-refractivity contribution in [1.82, 2.24) is 24.9 Å². The zero-order valence-corrected chi connectivity index (χ0v) is 14.6. The lowest BCUT2D eigenvalue weighted by Gasteiger charge is -2.12. The smallest absolute Gasteiger partial charge is 0.434 e. The molecule has 30 heavy (non-hydrogen) atoms. The van der Waals surface area contributed by atoms with Crippen molar-refractivity contribution in [2.24, 2.45) is 0 Å². The van der Waals surface area contributed by atoms with Crippen molar-refractivity contribution in [3.05, 3.63) is 66.3 Å². The summed E-state index contributed by atoms with van der Waals surface area (Å²) < 4.78 is 61.3. The van der Waals surface area contributed by atoms with Crippen LogP contribution < -0.4 is 0 Å². The Morgan fingerprint density at radius 3 is 2.37 bits per heavy atom. The fourth-order valence-electron chi connectivity index (χ4n) is 2.89. The molecule has 0 aliphatic heterocycles. The van der Waals surface area contributed by atoms with Crippen molar-refractivity contribution in [2.75, 3.05) is 0 Å². The van der Waals surface area contributed by atoms with Crippen molar-refractivity contribution in [1.29, 1.82) is 0 Å². The molecule has 4 heterocycles. The number of carbonyl (C=O) groups is 1. The monoisotopic (exact) mass is 419 g/mol. The topological polar surface area (TPSA) is 107 Å². The molecule has 4 rings (SSSR count). The molecule has 0 aliphatic rings. The van der Waals surface area contributed by atoms with E-state index in [9.17, 15) is 27.5 Å². The number of carboxylic acid groups (broad SMARTS) is 1. The maximum atomic E-state index is 14.1. The third kappa shape index (κ3) is 3.17. The summed E-state index contributed by atoms with van der Waals surface area (Å²) in [6.45, 7) is 0. The molecule has 4 aromatic heterocycles. The number of rotatable bonds is 4. The quantitative estimate of drug-likeness (QED) is 0.501. The van der Waals surface area contributed by atoms with E-state index >= 15 is 0 Å². The third-order valence-corrected chi connectivity index (χ3v) is 4.12. The van der Waals surface area contributed by atoms with Gasteiger partial charge in [-0.3, -0.25) is 9.97 Å². The summed E-state index contributed by atoms with van der Waals surface area (Å²) >= 11 is 0. The van der Waals surface area contributed by atoms with Gasteiger partial charge in [0.05, 0.1) is 23.6 Å². The van der Waals surface area contributed by atoms with Crippen LogP contribution in [0.4, 0.5) is 17.6 Å².